The fourth-order valence-corrected chi connectivity index (χ4v) is 1.40. The van der Waals surface area contributed by atoms with Gasteiger partial charge >= 0.3 is 0 Å². The minimum absolute atomic E-state index is 0. The van der Waals surface area contributed by atoms with Gasteiger partial charge in [-0.15, -0.1) is 24.0 Å². The second kappa shape index (κ2) is 8.54. The topological polar surface area (TPSA) is 0 Å². The first-order chi connectivity index (χ1) is 5.93. The van der Waals surface area contributed by atoms with E-state index in [9.17, 15) is 0 Å². The highest BCUT2D eigenvalue weighted by Crippen LogP contribution is 2.06. The molecule has 0 aliphatic carbocycles. The van der Waals surface area contributed by atoms with Gasteiger partial charge in [-0.2, -0.15) is 0 Å². The van der Waals surface area contributed by atoms with Gasteiger partial charge in [-0.05, 0) is 18.4 Å². The lowest BCUT2D eigenvalue weighted by Crippen LogP contribution is -1.84. The predicted molar refractivity (Wildman–Crippen MR) is 69.7 cm³/mol. The first kappa shape index (κ1) is 12.9. The van der Waals surface area contributed by atoms with Crippen LogP contribution in [-0.4, -0.2) is 0 Å². The molecule has 0 fully saturated rings. The average molecular weight is 290 g/mol. The molecule has 0 saturated carbocycles. The van der Waals surface area contributed by atoms with Crippen LogP contribution in [0.25, 0.3) is 0 Å². The maximum atomic E-state index is 2.25. The largest absolute Gasteiger partial charge is 0.107 e. The van der Waals surface area contributed by atoms with Gasteiger partial charge in [-0.25, -0.2) is 0 Å². The van der Waals surface area contributed by atoms with E-state index in [0.717, 1.165) is 0 Å². The van der Waals surface area contributed by atoms with E-state index in [1.807, 2.05) is 0 Å². The summed E-state index contributed by atoms with van der Waals surface area (Å²) >= 11 is 0. The summed E-state index contributed by atoms with van der Waals surface area (Å²) in [5.74, 6) is 0. The Hall–Kier alpha value is -0.0500. The molecule has 0 atom stereocenters. The average Bonchev–Trinajstić information content (AvgIpc) is 2.14. The molecule has 0 aliphatic rings. The minimum atomic E-state index is 0. The maximum absolute atomic E-state index is 2.25. The Balaban J connectivity index is 0.00000144. The summed E-state index contributed by atoms with van der Waals surface area (Å²) in [7, 11) is 0. The minimum Gasteiger partial charge on any atom is -0.107 e. The van der Waals surface area contributed by atoms with Gasteiger partial charge < -0.3 is 0 Å². The van der Waals surface area contributed by atoms with Crippen LogP contribution in [0, 0.1) is 0 Å². The Morgan fingerprint density at radius 3 is 2.23 bits per heavy atom. The Morgan fingerprint density at radius 2 is 1.62 bits per heavy atom. The number of rotatable bonds is 5. The van der Waals surface area contributed by atoms with Crippen molar-refractivity contribution in [1.29, 1.82) is 0 Å². The summed E-state index contributed by atoms with van der Waals surface area (Å²) in [6.07, 6.45) is 6.69. The summed E-state index contributed by atoms with van der Waals surface area (Å²) in [4.78, 5) is 0. The molecule has 0 bridgehead atoms. The monoisotopic (exact) mass is 290 g/mol. The van der Waals surface area contributed by atoms with Crippen LogP contribution >= 0.6 is 24.0 Å². The fourth-order valence-electron chi connectivity index (χ4n) is 1.40. The lowest BCUT2D eigenvalue weighted by Gasteiger charge is -1.99. The highest BCUT2D eigenvalue weighted by molar-refractivity contribution is 14.0. The van der Waals surface area contributed by atoms with Crippen molar-refractivity contribution in [2.75, 3.05) is 0 Å². The normalized spacial score (nSPS) is 9.31. The van der Waals surface area contributed by atoms with Crippen LogP contribution < -0.4 is 0 Å². The maximum Gasteiger partial charge on any atom is -0.0279 e. The van der Waals surface area contributed by atoms with E-state index < -0.39 is 0 Å². The Morgan fingerprint density at radius 1 is 0.923 bits per heavy atom. The van der Waals surface area contributed by atoms with E-state index in [2.05, 4.69) is 37.3 Å². The highest BCUT2D eigenvalue weighted by atomic mass is 127. The summed E-state index contributed by atoms with van der Waals surface area (Å²) < 4.78 is 0. The van der Waals surface area contributed by atoms with E-state index in [-0.39, 0.29) is 24.0 Å². The molecule has 1 rings (SSSR count). The fraction of sp³-hybridized carbons (Fsp3) is 0.500. The highest BCUT2D eigenvalue weighted by Gasteiger charge is 1.90. The first-order valence-electron chi connectivity index (χ1n) is 4.97. The molecule has 74 valence electrons. The molecule has 0 aromatic heterocycles. The molecule has 1 heteroatoms. The molecule has 0 nitrogen and oxygen atoms in total. The van der Waals surface area contributed by atoms with Crippen LogP contribution in [0.1, 0.15) is 38.2 Å². The number of unbranched alkanes of at least 4 members (excludes halogenated alkanes) is 3. The van der Waals surface area contributed by atoms with Gasteiger partial charge in [-0.1, -0.05) is 56.5 Å². The number of benzene rings is 1. The number of aryl methyl sites for hydroxylation is 1. The van der Waals surface area contributed by atoms with Crippen molar-refractivity contribution in [3.63, 3.8) is 0 Å². The molecule has 0 radical (unpaired) electrons. The Kier molecular flexibility index (Phi) is 8.51. The third-order valence-electron chi connectivity index (χ3n) is 2.16. The molecule has 0 aliphatic heterocycles. The molecular weight excluding hydrogens is 271 g/mol. The van der Waals surface area contributed by atoms with Crippen molar-refractivity contribution in [3.05, 3.63) is 35.9 Å². The first-order valence-corrected chi connectivity index (χ1v) is 4.97. The lowest BCUT2D eigenvalue weighted by molar-refractivity contribution is 0.667. The summed E-state index contributed by atoms with van der Waals surface area (Å²) in [6, 6.07) is 10.7. The Labute approximate surface area is 98.8 Å². The van der Waals surface area contributed by atoms with Crippen molar-refractivity contribution >= 4 is 24.0 Å². The van der Waals surface area contributed by atoms with Crippen molar-refractivity contribution in [3.8, 4) is 0 Å². The molecule has 0 amide bonds. The lowest BCUT2D eigenvalue weighted by atomic mass is 10.1. The zero-order valence-corrected chi connectivity index (χ0v) is 10.7. The zero-order chi connectivity index (χ0) is 8.65. The number of halogens is 1. The molecule has 0 heterocycles. The molecule has 1 aromatic carbocycles. The molecule has 0 unspecified atom stereocenters. The molecule has 0 saturated heterocycles. The second-order valence-electron chi connectivity index (χ2n) is 3.30. The predicted octanol–water partition coefficient (Wildman–Crippen LogP) is 4.43. The SMILES string of the molecule is CCCCCCc1ccccc1.I. The van der Waals surface area contributed by atoms with E-state index in [0.29, 0.717) is 0 Å². The van der Waals surface area contributed by atoms with E-state index in [4.69, 9.17) is 0 Å². The molecule has 13 heavy (non-hydrogen) atoms. The summed E-state index contributed by atoms with van der Waals surface area (Å²) in [5.41, 5.74) is 1.48. The van der Waals surface area contributed by atoms with Crippen molar-refractivity contribution in [1.82, 2.24) is 0 Å². The van der Waals surface area contributed by atoms with Crippen molar-refractivity contribution < 1.29 is 0 Å². The molecule has 0 spiro atoms. The standard InChI is InChI=1S/C12H18.HI/c1-2-3-4-6-9-12-10-7-5-8-11-12;/h5,7-8,10-11H,2-4,6,9H2,1H3;1H. The van der Waals surface area contributed by atoms with Gasteiger partial charge in [0.15, 0.2) is 0 Å². The van der Waals surface area contributed by atoms with Gasteiger partial charge in [0.05, 0.1) is 0 Å². The van der Waals surface area contributed by atoms with E-state index in [1.54, 1.807) is 0 Å². The Bertz CT molecular complexity index is 194. The van der Waals surface area contributed by atoms with E-state index >= 15 is 0 Å². The zero-order valence-electron chi connectivity index (χ0n) is 8.33. The van der Waals surface area contributed by atoms with Gasteiger partial charge in [0.25, 0.3) is 0 Å². The summed E-state index contributed by atoms with van der Waals surface area (Å²) in [5, 5.41) is 0. The summed E-state index contributed by atoms with van der Waals surface area (Å²) in [6.45, 7) is 2.25. The molecule has 1 aromatic rings. The number of hydrogen-bond donors (Lipinski definition) is 0. The third kappa shape index (κ3) is 6.08. The van der Waals surface area contributed by atoms with Crippen LogP contribution in [0.15, 0.2) is 30.3 Å². The van der Waals surface area contributed by atoms with Crippen LogP contribution in [-0.2, 0) is 6.42 Å². The second-order valence-corrected chi connectivity index (χ2v) is 3.30. The van der Waals surface area contributed by atoms with Crippen LogP contribution in [0.3, 0.4) is 0 Å². The smallest absolute Gasteiger partial charge is 0.0279 e. The van der Waals surface area contributed by atoms with Crippen LogP contribution in [0.5, 0.6) is 0 Å². The van der Waals surface area contributed by atoms with Gasteiger partial charge in [0.1, 0.15) is 0 Å². The molecular formula is C12H19I. The van der Waals surface area contributed by atoms with Crippen LogP contribution in [0.4, 0.5) is 0 Å². The van der Waals surface area contributed by atoms with Gasteiger partial charge in [-0.3, -0.25) is 0 Å². The van der Waals surface area contributed by atoms with Crippen LogP contribution in [0.2, 0.25) is 0 Å². The third-order valence-corrected chi connectivity index (χ3v) is 2.16. The van der Waals surface area contributed by atoms with Gasteiger partial charge in [0, 0.05) is 0 Å². The molecule has 0 N–H and O–H groups in total. The van der Waals surface area contributed by atoms with E-state index in [1.165, 1.54) is 37.7 Å². The number of hydrogen-bond acceptors (Lipinski definition) is 0. The van der Waals surface area contributed by atoms with Crippen molar-refractivity contribution in [2.24, 2.45) is 0 Å². The van der Waals surface area contributed by atoms with Crippen molar-refractivity contribution in [2.45, 2.75) is 39.0 Å². The van der Waals surface area contributed by atoms with Gasteiger partial charge in [0.2, 0.25) is 0 Å². The quantitative estimate of drug-likeness (QED) is 0.556.